The van der Waals surface area contributed by atoms with Crippen LogP contribution < -0.4 is 10.1 Å². The van der Waals surface area contributed by atoms with Gasteiger partial charge in [-0.05, 0) is 31.2 Å². The van der Waals surface area contributed by atoms with Crippen molar-refractivity contribution in [2.45, 2.75) is 6.92 Å². The Morgan fingerprint density at radius 3 is 2.45 bits per heavy atom. The summed E-state index contributed by atoms with van der Waals surface area (Å²) in [6.07, 6.45) is 0. The van der Waals surface area contributed by atoms with Crippen LogP contribution in [0.2, 0.25) is 0 Å². The van der Waals surface area contributed by atoms with Crippen LogP contribution in [0.25, 0.3) is 0 Å². The molecule has 2 aromatic rings. The van der Waals surface area contributed by atoms with Crippen molar-refractivity contribution in [1.29, 1.82) is 0 Å². The summed E-state index contributed by atoms with van der Waals surface area (Å²) in [5.41, 5.74) is 0.691. The van der Waals surface area contributed by atoms with Crippen molar-refractivity contribution >= 4 is 11.6 Å². The molecule has 2 aromatic carbocycles. The van der Waals surface area contributed by atoms with E-state index in [0.29, 0.717) is 18.0 Å². The van der Waals surface area contributed by atoms with Crippen molar-refractivity contribution in [2.24, 2.45) is 0 Å². The van der Waals surface area contributed by atoms with Crippen molar-refractivity contribution in [1.82, 2.24) is 0 Å². The molecule has 5 nitrogen and oxygen atoms in total. The van der Waals surface area contributed by atoms with E-state index in [4.69, 9.17) is 4.74 Å². The Kier molecular flexibility index (Phi) is 4.10. The van der Waals surface area contributed by atoms with Crippen LogP contribution >= 0.6 is 0 Å². The summed E-state index contributed by atoms with van der Waals surface area (Å²) in [6, 6.07) is 10.8. The van der Waals surface area contributed by atoms with Crippen LogP contribution in [0.1, 0.15) is 17.3 Å². The smallest absolute Gasteiger partial charge is 0.256 e. The predicted octanol–water partition coefficient (Wildman–Crippen LogP) is 2.75. The number of anilines is 1. The molecule has 0 radical (unpaired) electrons. The molecule has 0 bridgehead atoms. The van der Waals surface area contributed by atoms with E-state index in [1.807, 2.05) is 6.92 Å². The summed E-state index contributed by atoms with van der Waals surface area (Å²) in [5.74, 6) is -0.224. The van der Waals surface area contributed by atoms with Gasteiger partial charge < -0.3 is 20.3 Å². The van der Waals surface area contributed by atoms with Gasteiger partial charge in [-0.3, -0.25) is 4.79 Å². The van der Waals surface area contributed by atoms with E-state index in [-0.39, 0.29) is 17.1 Å². The summed E-state index contributed by atoms with van der Waals surface area (Å²) >= 11 is 0. The van der Waals surface area contributed by atoms with Crippen LogP contribution in [0.3, 0.4) is 0 Å². The van der Waals surface area contributed by atoms with E-state index in [0.717, 1.165) is 6.07 Å². The number of para-hydroxylation sites is 2. The topological polar surface area (TPSA) is 78.8 Å². The number of aromatic hydroxyl groups is 2. The molecule has 0 aliphatic rings. The lowest BCUT2D eigenvalue weighted by Gasteiger charge is -2.11. The molecule has 0 aliphatic heterocycles. The molecule has 0 aromatic heterocycles. The molecule has 0 fully saturated rings. The van der Waals surface area contributed by atoms with Crippen LogP contribution in [0.4, 0.5) is 5.69 Å². The van der Waals surface area contributed by atoms with Crippen molar-refractivity contribution in [3.05, 3.63) is 48.0 Å². The lowest BCUT2D eigenvalue weighted by atomic mass is 10.2. The van der Waals surface area contributed by atoms with Gasteiger partial charge in [-0.15, -0.1) is 0 Å². The Labute approximate surface area is 116 Å². The minimum absolute atomic E-state index is 0.161. The lowest BCUT2D eigenvalue weighted by molar-refractivity contribution is 0.102. The molecule has 0 spiro atoms. The van der Waals surface area contributed by atoms with Crippen LogP contribution in [-0.2, 0) is 0 Å². The third-order valence-corrected chi connectivity index (χ3v) is 2.60. The van der Waals surface area contributed by atoms with Gasteiger partial charge in [0.05, 0.1) is 12.3 Å². The summed E-state index contributed by atoms with van der Waals surface area (Å²) < 4.78 is 5.41. The molecule has 2 rings (SSSR count). The first-order chi connectivity index (χ1) is 9.60. The number of phenols is 2. The number of phenolic OH excluding ortho intramolecular Hbond substituents is 2. The minimum atomic E-state index is -0.441. The monoisotopic (exact) mass is 273 g/mol. The van der Waals surface area contributed by atoms with E-state index in [9.17, 15) is 15.0 Å². The van der Waals surface area contributed by atoms with Crippen LogP contribution in [0.15, 0.2) is 42.5 Å². The molecule has 0 aliphatic carbocycles. The Bertz CT molecular complexity index is 605. The number of benzene rings is 2. The predicted molar refractivity (Wildman–Crippen MR) is 75.3 cm³/mol. The van der Waals surface area contributed by atoms with Gasteiger partial charge in [0.2, 0.25) is 0 Å². The van der Waals surface area contributed by atoms with E-state index in [1.165, 1.54) is 12.1 Å². The number of nitrogens with one attached hydrogen (secondary N) is 1. The number of ether oxygens (including phenoxy) is 1. The molecule has 5 heteroatoms. The summed E-state index contributed by atoms with van der Waals surface area (Å²) in [7, 11) is 0. The third kappa shape index (κ3) is 3.20. The van der Waals surface area contributed by atoms with Gasteiger partial charge in [0.1, 0.15) is 17.2 Å². The fourth-order valence-electron chi connectivity index (χ4n) is 1.77. The highest BCUT2D eigenvalue weighted by atomic mass is 16.5. The Balaban J connectivity index is 2.23. The number of rotatable bonds is 4. The van der Waals surface area contributed by atoms with E-state index in [2.05, 4.69) is 5.32 Å². The molecular weight excluding hydrogens is 258 g/mol. The standard InChI is InChI=1S/C15H15NO4/c1-2-20-14-6-4-3-5-13(14)16-15(19)10-7-11(17)9-12(18)8-10/h3-9,17-18H,2H2,1H3,(H,16,19). The van der Waals surface area contributed by atoms with Gasteiger partial charge in [-0.2, -0.15) is 0 Å². The van der Waals surface area contributed by atoms with Crippen LogP contribution in [-0.4, -0.2) is 22.7 Å². The molecule has 0 saturated carbocycles. The molecule has 0 heterocycles. The third-order valence-electron chi connectivity index (χ3n) is 2.60. The average molecular weight is 273 g/mol. The van der Waals surface area contributed by atoms with Crippen molar-refractivity contribution in [3.8, 4) is 17.2 Å². The molecule has 0 saturated heterocycles. The second-order valence-electron chi connectivity index (χ2n) is 4.12. The Hall–Kier alpha value is -2.69. The van der Waals surface area contributed by atoms with Crippen molar-refractivity contribution < 1.29 is 19.7 Å². The zero-order chi connectivity index (χ0) is 14.5. The first-order valence-electron chi connectivity index (χ1n) is 6.16. The second-order valence-corrected chi connectivity index (χ2v) is 4.12. The van der Waals surface area contributed by atoms with Gasteiger partial charge in [0, 0.05) is 11.6 Å². The largest absolute Gasteiger partial charge is 0.508 e. The average Bonchev–Trinajstić information content (AvgIpc) is 2.40. The van der Waals surface area contributed by atoms with Crippen LogP contribution in [0.5, 0.6) is 17.2 Å². The van der Waals surface area contributed by atoms with Gasteiger partial charge >= 0.3 is 0 Å². The molecule has 3 N–H and O–H groups in total. The van der Waals surface area contributed by atoms with Gasteiger partial charge in [-0.25, -0.2) is 0 Å². The number of carbonyl (C=O) groups excluding carboxylic acids is 1. The number of hydrogen-bond acceptors (Lipinski definition) is 4. The maximum absolute atomic E-state index is 12.1. The van der Waals surface area contributed by atoms with Gasteiger partial charge in [0.15, 0.2) is 0 Å². The fourth-order valence-corrected chi connectivity index (χ4v) is 1.77. The van der Waals surface area contributed by atoms with Crippen molar-refractivity contribution in [3.63, 3.8) is 0 Å². The number of amides is 1. The molecule has 1 amide bonds. The molecule has 0 atom stereocenters. The quantitative estimate of drug-likeness (QED) is 0.800. The van der Waals surface area contributed by atoms with Gasteiger partial charge in [-0.1, -0.05) is 12.1 Å². The molecule has 20 heavy (non-hydrogen) atoms. The first kappa shape index (κ1) is 13.7. The highest BCUT2D eigenvalue weighted by Crippen LogP contribution is 2.26. The highest BCUT2D eigenvalue weighted by Gasteiger charge is 2.11. The maximum atomic E-state index is 12.1. The van der Waals surface area contributed by atoms with E-state index >= 15 is 0 Å². The highest BCUT2D eigenvalue weighted by molar-refractivity contribution is 6.05. The minimum Gasteiger partial charge on any atom is -0.508 e. The number of carbonyl (C=O) groups is 1. The number of hydrogen-bond donors (Lipinski definition) is 3. The summed E-state index contributed by atoms with van der Waals surface area (Å²) in [5, 5.41) is 21.4. The molecule has 104 valence electrons. The van der Waals surface area contributed by atoms with Gasteiger partial charge in [0.25, 0.3) is 5.91 Å². The lowest BCUT2D eigenvalue weighted by Crippen LogP contribution is -2.12. The zero-order valence-electron chi connectivity index (χ0n) is 11.0. The molecule has 0 unspecified atom stereocenters. The Morgan fingerprint density at radius 2 is 1.80 bits per heavy atom. The van der Waals surface area contributed by atoms with Crippen LogP contribution in [0, 0.1) is 0 Å². The zero-order valence-corrected chi connectivity index (χ0v) is 11.0. The SMILES string of the molecule is CCOc1ccccc1NC(=O)c1cc(O)cc(O)c1. The molecular formula is C15H15NO4. The second kappa shape index (κ2) is 5.97. The normalized spacial score (nSPS) is 10.1. The van der Waals surface area contributed by atoms with E-state index < -0.39 is 5.91 Å². The summed E-state index contributed by atoms with van der Waals surface area (Å²) in [6.45, 7) is 2.34. The van der Waals surface area contributed by atoms with Crippen molar-refractivity contribution in [2.75, 3.05) is 11.9 Å². The Morgan fingerprint density at radius 1 is 1.15 bits per heavy atom. The van der Waals surface area contributed by atoms with E-state index in [1.54, 1.807) is 24.3 Å². The maximum Gasteiger partial charge on any atom is 0.256 e. The fraction of sp³-hybridized carbons (Fsp3) is 0.133. The summed E-state index contributed by atoms with van der Waals surface area (Å²) in [4.78, 5) is 12.1. The first-order valence-corrected chi connectivity index (χ1v) is 6.16.